The lowest BCUT2D eigenvalue weighted by Crippen LogP contribution is -2.38. The van der Waals surface area contributed by atoms with E-state index >= 15 is 0 Å². The predicted octanol–water partition coefficient (Wildman–Crippen LogP) is 5.96. The molecular weight excluding hydrogens is 484 g/mol. The molecule has 1 aliphatic rings. The first-order chi connectivity index (χ1) is 14.7. The van der Waals surface area contributed by atoms with E-state index in [1.807, 2.05) is 6.92 Å². The van der Waals surface area contributed by atoms with Crippen LogP contribution in [0.25, 0.3) is 11.0 Å². The molecule has 0 radical (unpaired) electrons. The smallest absolute Gasteiger partial charge is 0.354 e. The number of carbonyl (C=O) groups excluding carboxylic acids is 1. The summed E-state index contributed by atoms with van der Waals surface area (Å²) in [7, 11) is 0. The van der Waals surface area contributed by atoms with Crippen LogP contribution in [0.3, 0.4) is 0 Å². The van der Waals surface area contributed by atoms with E-state index in [9.17, 15) is 18.0 Å². The number of rotatable bonds is 3. The molecule has 0 saturated carbocycles. The lowest BCUT2D eigenvalue weighted by atomic mass is 10.1. The number of anilines is 2. The van der Waals surface area contributed by atoms with Crippen molar-refractivity contribution in [1.82, 2.24) is 14.9 Å². The van der Waals surface area contributed by atoms with Gasteiger partial charge in [-0.15, -0.1) is 12.4 Å². The number of nitrogens with one attached hydrogen (secondary N) is 1. The number of pyridine rings is 2. The zero-order chi connectivity index (χ0) is 22.2. The first-order valence-electron chi connectivity index (χ1n) is 9.51. The number of hydrogen-bond donors (Lipinski definition) is 1. The average molecular weight is 503 g/mol. The lowest BCUT2D eigenvalue weighted by Gasteiger charge is -2.27. The fourth-order valence-corrected chi connectivity index (χ4v) is 4.50. The predicted molar refractivity (Wildman–Crippen MR) is 124 cm³/mol. The summed E-state index contributed by atoms with van der Waals surface area (Å²) in [6, 6.07) is 7.08. The number of nitrogens with zero attached hydrogens (tertiary/aromatic N) is 3. The summed E-state index contributed by atoms with van der Waals surface area (Å²) >= 11 is 7.52. The van der Waals surface area contributed by atoms with Gasteiger partial charge in [0.05, 0.1) is 21.8 Å². The molecule has 0 unspecified atom stereocenters. The molecule has 1 aromatic carbocycles. The summed E-state index contributed by atoms with van der Waals surface area (Å²) in [5.41, 5.74) is 1.01. The fourth-order valence-electron chi connectivity index (χ4n) is 3.37. The van der Waals surface area contributed by atoms with Crippen LogP contribution in [0.4, 0.5) is 24.5 Å². The van der Waals surface area contributed by atoms with Gasteiger partial charge in [-0.05, 0) is 37.3 Å². The van der Waals surface area contributed by atoms with Gasteiger partial charge in [0, 0.05) is 47.6 Å². The van der Waals surface area contributed by atoms with Gasteiger partial charge in [0.1, 0.15) is 0 Å². The third kappa shape index (κ3) is 5.05. The normalized spacial score (nSPS) is 14.2. The third-order valence-corrected chi connectivity index (χ3v) is 6.21. The Morgan fingerprint density at radius 1 is 1.19 bits per heavy atom. The van der Waals surface area contributed by atoms with Crippen LogP contribution < -0.4 is 5.32 Å². The highest BCUT2D eigenvalue weighted by Gasteiger charge is 2.33. The first kappa shape index (κ1) is 24.4. The molecule has 0 aliphatic carbocycles. The molecule has 170 valence electrons. The van der Waals surface area contributed by atoms with E-state index in [4.69, 9.17) is 11.6 Å². The van der Waals surface area contributed by atoms with E-state index in [0.29, 0.717) is 29.8 Å². The second-order valence-corrected chi connectivity index (χ2v) is 8.72. The summed E-state index contributed by atoms with van der Waals surface area (Å²) in [6.45, 7) is 3.02. The molecule has 1 amide bonds. The van der Waals surface area contributed by atoms with Crippen LogP contribution in [0.1, 0.15) is 21.6 Å². The zero-order valence-corrected chi connectivity index (χ0v) is 19.3. The van der Waals surface area contributed by atoms with Gasteiger partial charge in [0.2, 0.25) is 0 Å². The van der Waals surface area contributed by atoms with Gasteiger partial charge in [-0.25, -0.2) is 9.97 Å². The van der Waals surface area contributed by atoms with E-state index in [0.717, 1.165) is 23.3 Å². The minimum atomic E-state index is -4.60. The van der Waals surface area contributed by atoms with E-state index in [-0.39, 0.29) is 29.6 Å². The Morgan fingerprint density at radius 3 is 2.59 bits per heavy atom. The summed E-state index contributed by atoms with van der Waals surface area (Å²) < 4.78 is 40.0. The maximum absolute atomic E-state index is 13.3. The molecule has 4 rings (SSSR count). The van der Waals surface area contributed by atoms with Crippen LogP contribution in [0.15, 0.2) is 36.5 Å². The van der Waals surface area contributed by atoms with E-state index in [1.54, 1.807) is 28.8 Å². The van der Waals surface area contributed by atoms with E-state index in [2.05, 4.69) is 15.3 Å². The van der Waals surface area contributed by atoms with Crippen molar-refractivity contribution in [3.63, 3.8) is 0 Å². The molecule has 1 fully saturated rings. The largest absolute Gasteiger partial charge is 0.417 e. The Balaban J connectivity index is 0.00000289. The molecule has 1 saturated heterocycles. The maximum atomic E-state index is 13.3. The monoisotopic (exact) mass is 502 g/mol. The highest BCUT2D eigenvalue weighted by atomic mass is 35.5. The molecule has 11 heteroatoms. The number of alkyl halides is 3. The van der Waals surface area contributed by atoms with Crippen LogP contribution in [-0.4, -0.2) is 45.4 Å². The van der Waals surface area contributed by atoms with Crippen LogP contribution >= 0.6 is 35.8 Å². The molecule has 0 bridgehead atoms. The SMILES string of the molecule is Cc1ccc2c(Nc3ccc(Cl)c(C(F)(F)F)c3)c(C(=O)N3CCSCC3)cnc2n1.Cl. The number of halogens is 5. The minimum Gasteiger partial charge on any atom is -0.354 e. The Bertz CT molecular complexity index is 1150. The number of thioether (sulfide) groups is 1. The summed E-state index contributed by atoms with van der Waals surface area (Å²) in [5.74, 6) is 1.45. The molecule has 3 heterocycles. The van der Waals surface area contributed by atoms with Gasteiger partial charge in [-0.2, -0.15) is 24.9 Å². The molecule has 1 aliphatic heterocycles. The fraction of sp³-hybridized carbons (Fsp3) is 0.286. The molecule has 2 aromatic heterocycles. The van der Waals surface area contributed by atoms with Crippen LogP contribution in [0.2, 0.25) is 5.02 Å². The Hall–Kier alpha value is -2.23. The number of aryl methyl sites for hydroxylation is 1. The van der Waals surface area contributed by atoms with Crippen LogP contribution in [0, 0.1) is 6.92 Å². The molecule has 3 aromatic rings. The number of amides is 1. The van der Waals surface area contributed by atoms with Gasteiger partial charge >= 0.3 is 6.18 Å². The minimum absolute atomic E-state index is 0. The van der Waals surface area contributed by atoms with Crippen molar-refractivity contribution in [2.24, 2.45) is 0 Å². The second-order valence-electron chi connectivity index (χ2n) is 7.09. The summed E-state index contributed by atoms with van der Waals surface area (Å²) in [6.07, 6.45) is -3.17. The highest BCUT2D eigenvalue weighted by molar-refractivity contribution is 7.99. The highest BCUT2D eigenvalue weighted by Crippen LogP contribution is 2.38. The van der Waals surface area contributed by atoms with Crippen molar-refractivity contribution in [1.29, 1.82) is 0 Å². The zero-order valence-electron chi connectivity index (χ0n) is 16.9. The van der Waals surface area contributed by atoms with E-state index in [1.165, 1.54) is 18.3 Å². The summed E-state index contributed by atoms with van der Waals surface area (Å²) in [4.78, 5) is 23.7. The van der Waals surface area contributed by atoms with Crippen molar-refractivity contribution in [2.75, 3.05) is 29.9 Å². The first-order valence-corrected chi connectivity index (χ1v) is 11.0. The summed E-state index contributed by atoms with van der Waals surface area (Å²) in [5, 5.41) is 3.16. The molecule has 32 heavy (non-hydrogen) atoms. The molecule has 0 atom stereocenters. The Kier molecular flexibility index (Phi) is 7.42. The maximum Gasteiger partial charge on any atom is 0.417 e. The topological polar surface area (TPSA) is 58.1 Å². The van der Waals surface area contributed by atoms with Crippen molar-refractivity contribution in [3.05, 3.63) is 58.4 Å². The van der Waals surface area contributed by atoms with Gasteiger partial charge < -0.3 is 10.2 Å². The number of fused-ring (bicyclic) bond motifs is 1. The second kappa shape index (κ2) is 9.72. The molecular formula is C21H19Cl2F3N4OS. The van der Waals surface area contributed by atoms with Crippen LogP contribution in [-0.2, 0) is 6.18 Å². The lowest BCUT2D eigenvalue weighted by molar-refractivity contribution is -0.137. The number of hydrogen-bond acceptors (Lipinski definition) is 5. The molecule has 1 N–H and O–H groups in total. The Morgan fingerprint density at radius 2 is 1.91 bits per heavy atom. The quantitative estimate of drug-likeness (QED) is 0.478. The number of carbonyl (C=O) groups is 1. The van der Waals surface area contributed by atoms with Crippen molar-refractivity contribution in [2.45, 2.75) is 13.1 Å². The number of aromatic nitrogens is 2. The number of benzene rings is 1. The Labute approximate surface area is 198 Å². The van der Waals surface area contributed by atoms with Crippen molar-refractivity contribution in [3.8, 4) is 0 Å². The third-order valence-electron chi connectivity index (χ3n) is 4.94. The van der Waals surface area contributed by atoms with E-state index < -0.39 is 16.8 Å². The molecule has 0 spiro atoms. The van der Waals surface area contributed by atoms with Gasteiger partial charge in [-0.1, -0.05) is 11.6 Å². The van der Waals surface area contributed by atoms with Crippen LogP contribution in [0.5, 0.6) is 0 Å². The van der Waals surface area contributed by atoms with Gasteiger partial charge in [0.15, 0.2) is 5.65 Å². The van der Waals surface area contributed by atoms with Gasteiger partial charge in [0.25, 0.3) is 5.91 Å². The average Bonchev–Trinajstić information content (AvgIpc) is 2.74. The van der Waals surface area contributed by atoms with Crippen molar-refractivity contribution < 1.29 is 18.0 Å². The standard InChI is InChI=1S/C21H18ClF3N4OS.ClH/c1-12-2-4-14-18(28-13-3-5-17(22)16(10-13)21(23,24)25)15(11-26-19(14)27-12)20(30)29-6-8-31-9-7-29;/h2-5,10-11H,6-9H2,1H3,(H,26,27,28);1H. The van der Waals surface area contributed by atoms with Crippen molar-refractivity contribution >= 4 is 64.1 Å². The molecule has 5 nitrogen and oxygen atoms in total. The van der Waals surface area contributed by atoms with Gasteiger partial charge in [-0.3, -0.25) is 4.79 Å².